The van der Waals surface area contributed by atoms with Gasteiger partial charge in [0.25, 0.3) is 0 Å². The molecule has 22 heavy (non-hydrogen) atoms. The molecule has 1 atom stereocenters. The van der Waals surface area contributed by atoms with Crippen molar-refractivity contribution in [3.8, 4) is 5.75 Å². The molecule has 0 amide bonds. The average molecular weight is 299 g/mol. The number of hydrogen-bond donors (Lipinski definition) is 2. The quantitative estimate of drug-likeness (QED) is 0.824. The van der Waals surface area contributed by atoms with Gasteiger partial charge in [0.2, 0.25) is 0 Å². The number of aliphatic carboxylic acids is 1. The molecule has 0 fully saturated rings. The van der Waals surface area contributed by atoms with Crippen LogP contribution >= 0.6 is 0 Å². The van der Waals surface area contributed by atoms with Gasteiger partial charge in [0.05, 0.1) is 0 Å². The molecule has 2 rings (SSSR count). The minimum absolute atomic E-state index is 0.519. The van der Waals surface area contributed by atoms with E-state index in [0.29, 0.717) is 13.2 Å². The molecule has 0 heterocycles. The fourth-order valence-electron chi connectivity index (χ4n) is 2.03. The fraction of sp³-hybridized carbons (Fsp3) is 0.278. The Morgan fingerprint density at radius 3 is 2.55 bits per heavy atom. The second-order valence-electron chi connectivity index (χ2n) is 5.36. The van der Waals surface area contributed by atoms with Gasteiger partial charge in [-0.15, -0.1) is 0 Å². The number of benzene rings is 2. The van der Waals surface area contributed by atoms with Crippen LogP contribution in [0.3, 0.4) is 0 Å². The molecule has 0 aliphatic heterocycles. The molecule has 116 valence electrons. The molecule has 0 saturated carbocycles. The Balaban J connectivity index is 1.85. The van der Waals surface area contributed by atoms with Gasteiger partial charge in [0.1, 0.15) is 18.4 Å². The third-order valence-corrected chi connectivity index (χ3v) is 3.39. The van der Waals surface area contributed by atoms with E-state index in [-0.39, 0.29) is 0 Å². The standard InChI is InChI=1S/C18H21NO3/c1-13-4-3-5-16(10-13)12-22-17-8-6-15(7-9-17)11-19-14(2)18(20)21/h3-10,14,19H,11-12H2,1-2H3,(H,20,21). The Morgan fingerprint density at radius 2 is 1.91 bits per heavy atom. The van der Waals surface area contributed by atoms with Crippen molar-refractivity contribution in [1.82, 2.24) is 5.32 Å². The monoisotopic (exact) mass is 299 g/mol. The van der Waals surface area contributed by atoms with Gasteiger partial charge in [0, 0.05) is 6.54 Å². The highest BCUT2D eigenvalue weighted by molar-refractivity contribution is 5.72. The number of nitrogens with one attached hydrogen (secondary N) is 1. The van der Waals surface area contributed by atoms with Crippen molar-refractivity contribution in [2.24, 2.45) is 0 Å². The second-order valence-corrected chi connectivity index (χ2v) is 5.36. The molecule has 0 aliphatic rings. The lowest BCUT2D eigenvalue weighted by Gasteiger charge is -2.10. The van der Waals surface area contributed by atoms with Crippen molar-refractivity contribution in [2.45, 2.75) is 33.0 Å². The molecule has 0 aromatic heterocycles. The van der Waals surface area contributed by atoms with Crippen LogP contribution in [0.5, 0.6) is 5.75 Å². The smallest absolute Gasteiger partial charge is 0.320 e. The Hall–Kier alpha value is -2.33. The number of ether oxygens (including phenoxy) is 1. The normalized spacial score (nSPS) is 11.9. The summed E-state index contributed by atoms with van der Waals surface area (Å²) in [7, 11) is 0. The molecule has 1 unspecified atom stereocenters. The molecule has 4 nitrogen and oxygen atoms in total. The summed E-state index contributed by atoms with van der Waals surface area (Å²) in [6, 6.07) is 15.3. The van der Waals surface area contributed by atoms with Crippen molar-refractivity contribution in [1.29, 1.82) is 0 Å². The summed E-state index contributed by atoms with van der Waals surface area (Å²) in [5.74, 6) is -0.0466. The van der Waals surface area contributed by atoms with Crippen molar-refractivity contribution >= 4 is 5.97 Å². The first-order valence-electron chi connectivity index (χ1n) is 7.28. The predicted octanol–water partition coefficient (Wildman–Crippen LogP) is 3.14. The molecule has 4 heteroatoms. The van der Waals surface area contributed by atoms with Gasteiger partial charge < -0.3 is 15.2 Å². The van der Waals surface area contributed by atoms with Crippen LogP contribution in [0.15, 0.2) is 48.5 Å². The molecule has 0 spiro atoms. The summed E-state index contributed by atoms with van der Waals surface area (Å²) in [6.45, 7) is 4.74. The molecule has 0 aliphatic carbocycles. The topological polar surface area (TPSA) is 58.6 Å². The van der Waals surface area contributed by atoms with Gasteiger partial charge in [-0.2, -0.15) is 0 Å². The van der Waals surface area contributed by atoms with Gasteiger partial charge in [-0.1, -0.05) is 42.0 Å². The van der Waals surface area contributed by atoms with Crippen molar-refractivity contribution in [3.05, 3.63) is 65.2 Å². The van der Waals surface area contributed by atoms with Crippen LogP contribution in [0.2, 0.25) is 0 Å². The lowest BCUT2D eigenvalue weighted by molar-refractivity contribution is -0.139. The average Bonchev–Trinajstić information content (AvgIpc) is 2.51. The van der Waals surface area contributed by atoms with Crippen molar-refractivity contribution < 1.29 is 14.6 Å². The lowest BCUT2D eigenvalue weighted by atomic mass is 10.1. The number of carboxylic acids is 1. The zero-order valence-electron chi connectivity index (χ0n) is 12.9. The summed E-state index contributed by atoms with van der Waals surface area (Å²) in [5, 5.41) is 11.8. The number of carbonyl (C=O) groups is 1. The van der Waals surface area contributed by atoms with E-state index in [1.807, 2.05) is 36.4 Å². The maximum absolute atomic E-state index is 10.7. The highest BCUT2D eigenvalue weighted by Gasteiger charge is 2.09. The molecular weight excluding hydrogens is 278 g/mol. The summed E-state index contributed by atoms with van der Waals surface area (Å²) in [4.78, 5) is 10.7. The Kier molecular flexibility index (Phi) is 5.55. The van der Waals surface area contributed by atoms with Crippen LogP contribution in [0.1, 0.15) is 23.6 Å². The fourth-order valence-corrected chi connectivity index (χ4v) is 2.03. The summed E-state index contributed by atoms with van der Waals surface area (Å²) < 4.78 is 5.75. The zero-order valence-corrected chi connectivity index (χ0v) is 12.9. The SMILES string of the molecule is Cc1cccc(COc2ccc(CNC(C)C(=O)O)cc2)c1. The van der Waals surface area contributed by atoms with E-state index < -0.39 is 12.0 Å². The highest BCUT2D eigenvalue weighted by Crippen LogP contribution is 2.15. The van der Waals surface area contributed by atoms with Crippen LogP contribution < -0.4 is 10.1 Å². The summed E-state index contributed by atoms with van der Waals surface area (Å²) >= 11 is 0. The van der Waals surface area contributed by atoms with E-state index in [4.69, 9.17) is 9.84 Å². The van der Waals surface area contributed by atoms with E-state index >= 15 is 0 Å². The van der Waals surface area contributed by atoms with E-state index in [0.717, 1.165) is 16.9 Å². The summed E-state index contributed by atoms with van der Waals surface area (Å²) in [5.41, 5.74) is 3.38. The van der Waals surface area contributed by atoms with Crippen LogP contribution in [-0.2, 0) is 17.9 Å². The van der Waals surface area contributed by atoms with E-state index in [1.54, 1.807) is 6.92 Å². The van der Waals surface area contributed by atoms with E-state index in [9.17, 15) is 4.79 Å². The number of carboxylic acid groups (broad SMARTS) is 1. The number of rotatable bonds is 7. The minimum atomic E-state index is -0.849. The molecule has 2 N–H and O–H groups in total. The summed E-state index contributed by atoms with van der Waals surface area (Å²) in [6.07, 6.45) is 0. The molecular formula is C18H21NO3. The molecule has 2 aromatic carbocycles. The van der Waals surface area contributed by atoms with Gasteiger partial charge in [0.15, 0.2) is 0 Å². The third kappa shape index (κ3) is 4.90. The number of aryl methyl sites for hydroxylation is 1. The molecule has 0 saturated heterocycles. The second kappa shape index (κ2) is 7.61. The van der Waals surface area contributed by atoms with E-state index in [2.05, 4.69) is 24.4 Å². The van der Waals surface area contributed by atoms with Crippen LogP contribution in [0.4, 0.5) is 0 Å². The minimum Gasteiger partial charge on any atom is -0.489 e. The Labute approximate surface area is 130 Å². The first-order chi connectivity index (χ1) is 10.5. The predicted molar refractivity (Wildman–Crippen MR) is 85.9 cm³/mol. The molecule has 0 radical (unpaired) electrons. The van der Waals surface area contributed by atoms with Gasteiger partial charge in [-0.25, -0.2) is 0 Å². The third-order valence-electron chi connectivity index (χ3n) is 3.39. The van der Waals surface area contributed by atoms with Crippen molar-refractivity contribution in [3.63, 3.8) is 0 Å². The maximum Gasteiger partial charge on any atom is 0.320 e. The Bertz CT molecular complexity index is 622. The zero-order chi connectivity index (χ0) is 15.9. The molecule has 0 bridgehead atoms. The van der Waals surface area contributed by atoms with Crippen LogP contribution in [0.25, 0.3) is 0 Å². The van der Waals surface area contributed by atoms with Gasteiger partial charge >= 0.3 is 5.97 Å². The lowest BCUT2D eigenvalue weighted by Crippen LogP contribution is -2.33. The van der Waals surface area contributed by atoms with Crippen LogP contribution in [-0.4, -0.2) is 17.1 Å². The van der Waals surface area contributed by atoms with Gasteiger partial charge in [-0.3, -0.25) is 4.79 Å². The van der Waals surface area contributed by atoms with E-state index in [1.165, 1.54) is 5.56 Å². The largest absolute Gasteiger partial charge is 0.489 e. The van der Waals surface area contributed by atoms with Crippen molar-refractivity contribution in [2.75, 3.05) is 0 Å². The van der Waals surface area contributed by atoms with Gasteiger partial charge in [-0.05, 0) is 37.1 Å². The first kappa shape index (κ1) is 16.0. The number of hydrogen-bond acceptors (Lipinski definition) is 3. The maximum atomic E-state index is 10.7. The highest BCUT2D eigenvalue weighted by atomic mass is 16.5. The first-order valence-corrected chi connectivity index (χ1v) is 7.28. The molecule has 2 aromatic rings. The Morgan fingerprint density at radius 1 is 1.18 bits per heavy atom. The van der Waals surface area contributed by atoms with Crippen LogP contribution in [0, 0.1) is 6.92 Å².